The molecule has 0 aliphatic carbocycles. The van der Waals surface area contributed by atoms with Crippen LogP contribution in [0.4, 0.5) is 11.6 Å². The predicted octanol–water partition coefficient (Wildman–Crippen LogP) is 4.92. The number of ketones is 1. The van der Waals surface area contributed by atoms with E-state index in [0.717, 1.165) is 30.9 Å². The van der Waals surface area contributed by atoms with Gasteiger partial charge in [-0.3, -0.25) is 9.78 Å². The van der Waals surface area contributed by atoms with Crippen LogP contribution in [-0.4, -0.2) is 40.9 Å². The SMILES string of the molecule is CCC(=O)c1cc(COc2cnc(Nc3ccc([C@H]4CCCNC4)nc3)nc2)c(Cl)c(OC)c1. The van der Waals surface area contributed by atoms with Crippen LogP contribution in [0.5, 0.6) is 11.5 Å². The summed E-state index contributed by atoms with van der Waals surface area (Å²) in [6.07, 6.45) is 7.69. The average Bonchev–Trinajstić information content (AvgIpc) is 2.89. The molecule has 178 valence electrons. The van der Waals surface area contributed by atoms with E-state index in [1.807, 2.05) is 19.1 Å². The number of aromatic nitrogens is 3. The molecule has 1 aromatic carbocycles. The van der Waals surface area contributed by atoms with Crippen molar-refractivity contribution < 1.29 is 14.3 Å². The van der Waals surface area contributed by atoms with Crippen molar-refractivity contribution in [1.29, 1.82) is 0 Å². The van der Waals surface area contributed by atoms with Gasteiger partial charge in [0.05, 0.1) is 36.4 Å². The van der Waals surface area contributed by atoms with Crippen LogP contribution in [-0.2, 0) is 6.61 Å². The molecule has 1 aliphatic heterocycles. The van der Waals surface area contributed by atoms with Gasteiger partial charge in [0.15, 0.2) is 11.5 Å². The van der Waals surface area contributed by atoms with Gasteiger partial charge in [0.25, 0.3) is 0 Å². The first kappa shape index (κ1) is 23.9. The first-order valence-electron chi connectivity index (χ1n) is 11.4. The quantitative estimate of drug-likeness (QED) is 0.416. The molecular formula is C25H28ClN5O3. The molecule has 0 unspecified atom stereocenters. The molecule has 2 aromatic heterocycles. The molecule has 0 amide bonds. The normalized spacial score (nSPS) is 15.6. The fourth-order valence-corrected chi connectivity index (χ4v) is 4.09. The fourth-order valence-electron chi connectivity index (χ4n) is 3.84. The minimum atomic E-state index is 0.00732. The molecule has 0 spiro atoms. The van der Waals surface area contributed by atoms with Gasteiger partial charge in [-0.2, -0.15) is 0 Å². The minimum Gasteiger partial charge on any atom is -0.495 e. The number of benzene rings is 1. The minimum absolute atomic E-state index is 0.00732. The van der Waals surface area contributed by atoms with Crippen molar-refractivity contribution >= 4 is 29.0 Å². The molecule has 2 N–H and O–H groups in total. The van der Waals surface area contributed by atoms with E-state index in [0.29, 0.717) is 45.9 Å². The lowest BCUT2D eigenvalue weighted by molar-refractivity contribution is 0.0987. The summed E-state index contributed by atoms with van der Waals surface area (Å²) in [4.78, 5) is 25.4. The second-order valence-corrected chi connectivity index (χ2v) is 8.48. The second-order valence-electron chi connectivity index (χ2n) is 8.10. The molecule has 3 aromatic rings. The molecule has 8 nitrogen and oxygen atoms in total. The molecule has 0 saturated carbocycles. The zero-order valence-electron chi connectivity index (χ0n) is 19.3. The summed E-state index contributed by atoms with van der Waals surface area (Å²) in [6, 6.07) is 7.42. The Hall–Kier alpha value is -3.23. The maximum atomic E-state index is 12.1. The van der Waals surface area contributed by atoms with E-state index in [9.17, 15) is 4.79 Å². The number of halogens is 1. The highest BCUT2D eigenvalue weighted by molar-refractivity contribution is 6.33. The standard InChI is InChI=1S/C25H28ClN5O3/c1-3-22(32)17-9-18(24(26)23(10-17)33-2)15-34-20-13-29-25(30-14-20)31-19-6-7-21(28-12-19)16-5-4-8-27-11-16/h6-7,9-10,12-14,16,27H,3-5,8,11,15H2,1-2H3,(H,29,30,31)/t16-/m0/s1. The predicted molar refractivity (Wildman–Crippen MR) is 131 cm³/mol. The summed E-state index contributed by atoms with van der Waals surface area (Å²) < 4.78 is 11.1. The molecule has 1 atom stereocenters. The van der Waals surface area contributed by atoms with Crippen LogP contribution in [0.1, 0.15) is 53.7 Å². The van der Waals surface area contributed by atoms with Crippen LogP contribution in [0.15, 0.2) is 42.9 Å². The van der Waals surface area contributed by atoms with Gasteiger partial charge in [-0.05, 0) is 43.7 Å². The highest BCUT2D eigenvalue weighted by atomic mass is 35.5. The number of ether oxygens (including phenoxy) is 2. The van der Waals surface area contributed by atoms with E-state index in [1.165, 1.54) is 13.5 Å². The van der Waals surface area contributed by atoms with Gasteiger partial charge >= 0.3 is 0 Å². The van der Waals surface area contributed by atoms with Gasteiger partial charge in [0, 0.05) is 35.7 Å². The van der Waals surface area contributed by atoms with Crippen molar-refractivity contribution in [1.82, 2.24) is 20.3 Å². The number of nitrogens with one attached hydrogen (secondary N) is 2. The Morgan fingerprint density at radius 1 is 1.21 bits per heavy atom. The molecule has 0 radical (unpaired) electrons. The number of carbonyl (C=O) groups is 1. The molecule has 0 bridgehead atoms. The number of hydrogen-bond donors (Lipinski definition) is 2. The summed E-state index contributed by atoms with van der Waals surface area (Å²) in [5.41, 5.74) is 3.11. The number of piperidine rings is 1. The van der Waals surface area contributed by atoms with Gasteiger partial charge in [-0.25, -0.2) is 9.97 Å². The number of rotatable bonds is 9. The van der Waals surface area contributed by atoms with Crippen LogP contribution in [0.3, 0.4) is 0 Å². The molecule has 3 heterocycles. The lowest BCUT2D eigenvalue weighted by Crippen LogP contribution is -2.28. The average molecular weight is 482 g/mol. The Bertz CT molecular complexity index is 1120. The Morgan fingerprint density at radius 2 is 2.03 bits per heavy atom. The Morgan fingerprint density at radius 3 is 2.68 bits per heavy atom. The number of hydrogen-bond acceptors (Lipinski definition) is 8. The van der Waals surface area contributed by atoms with Gasteiger partial charge < -0.3 is 20.1 Å². The summed E-state index contributed by atoms with van der Waals surface area (Å²) >= 11 is 6.40. The van der Waals surface area contributed by atoms with Gasteiger partial charge in [-0.1, -0.05) is 18.5 Å². The second kappa shape index (κ2) is 11.3. The molecule has 1 fully saturated rings. The summed E-state index contributed by atoms with van der Waals surface area (Å²) in [5, 5.41) is 6.98. The van der Waals surface area contributed by atoms with E-state index in [4.69, 9.17) is 21.1 Å². The van der Waals surface area contributed by atoms with Gasteiger partial charge in [0.2, 0.25) is 5.95 Å². The molecule has 34 heavy (non-hydrogen) atoms. The van der Waals surface area contributed by atoms with Crippen molar-refractivity contribution in [2.75, 3.05) is 25.5 Å². The molecule has 9 heteroatoms. The number of Topliss-reactive ketones (excluding diaryl/α,β-unsaturated/α-hetero) is 1. The van der Waals surface area contributed by atoms with Crippen LogP contribution in [0.2, 0.25) is 5.02 Å². The van der Waals surface area contributed by atoms with E-state index in [1.54, 1.807) is 30.7 Å². The van der Waals surface area contributed by atoms with E-state index in [-0.39, 0.29) is 12.4 Å². The lowest BCUT2D eigenvalue weighted by Gasteiger charge is -2.22. The van der Waals surface area contributed by atoms with Crippen LogP contribution in [0.25, 0.3) is 0 Å². The summed E-state index contributed by atoms with van der Waals surface area (Å²) in [6.45, 7) is 4.02. The zero-order valence-corrected chi connectivity index (χ0v) is 20.1. The Kier molecular flexibility index (Phi) is 7.92. The highest BCUT2D eigenvalue weighted by Gasteiger charge is 2.16. The molecule has 4 rings (SSSR count). The highest BCUT2D eigenvalue weighted by Crippen LogP contribution is 2.31. The van der Waals surface area contributed by atoms with Crippen LogP contribution >= 0.6 is 11.6 Å². The van der Waals surface area contributed by atoms with Crippen molar-refractivity contribution in [3.63, 3.8) is 0 Å². The summed E-state index contributed by atoms with van der Waals surface area (Å²) in [5.74, 6) is 1.83. The van der Waals surface area contributed by atoms with Gasteiger partial charge in [-0.15, -0.1) is 0 Å². The number of carbonyl (C=O) groups excluding carboxylic acids is 1. The largest absolute Gasteiger partial charge is 0.495 e. The van der Waals surface area contributed by atoms with Crippen molar-refractivity contribution in [2.24, 2.45) is 0 Å². The number of pyridine rings is 1. The Balaban J connectivity index is 1.37. The fraction of sp³-hybridized carbons (Fsp3) is 0.360. The Labute approximate surface area is 204 Å². The third kappa shape index (κ3) is 5.81. The van der Waals surface area contributed by atoms with E-state index < -0.39 is 0 Å². The first-order valence-corrected chi connectivity index (χ1v) is 11.7. The molecular weight excluding hydrogens is 454 g/mol. The van der Waals surface area contributed by atoms with Crippen molar-refractivity contribution in [3.05, 3.63) is 64.7 Å². The summed E-state index contributed by atoms with van der Waals surface area (Å²) in [7, 11) is 1.52. The van der Waals surface area contributed by atoms with Crippen molar-refractivity contribution in [3.8, 4) is 11.5 Å². The third-order valence-electron chi connectivity index (χ3n) is 5.76. The van der Waals surface area contributed by atoms with Crippen LogP contribution in [0, 0.1) is 0 Å². The maximum absolute atomic E-state index is 12.1. The van der Waals surface area contributed by atoms with E-state index in [2.05, 4.69) is 25.6 Å². The monoisotopic (exact) mass is 481 g/mol. The number of anilines is 2. The van der Waals surface area contributed by atoms with Crippen LogP contribution < -0.4 is 20.1 Å². The lowest BCUT2D eigenvalue weighted by atomic mass is 9.96. The first-order chi connectivity index (χ1) is 16.6. The topological polar surface area (TPSA) is 98.3 Å². The van der Waals surface area contributed by atoms with Crippen molar-refractivity contribution in [2.45, 2.75) is 38.7 Å². The van der Waals surface area contributed by atoms with Gasteiger partial charge in [0.1, 0.15) is 12.4 Å². The number of methoxy groups -OCH3 is 1. The molecule has 1 aliphatic rings. The molecule has 1 saturated heterocycles. The third-order valence-corrected chi connectivity index (χ3v) is 6.19. The van der Waals surface area contributed by atoms with E-state index >= 15 is 0 Å². The smallest absolute Gasteiger partial charge is 0.227 e. The maximum Gasteiger partial charge on any atom is 0.227 e. The zero-order chi connectivity index (χ0) is 23.9. The number of nitrogens with zero attached hydrogens (tertiary/aromatic N) is 3.